The molecule has 2 aliphatic heterocycles. The van der Waals surface area contributed by atoms with Crippen molar-refractivity contribution in [3.63, 3.8) is 0 Å². The molecule has 3 rings (SSSR count). The number of nitrogens with one attached hydrogen (secondary N) is 1. The van der Waals surface area contributed by atoms with Gasteiger partial charge in [-0.3, -0.25) is 0 Å². The molecule has 2 bridgehead atoms. The van der Waals surface area contributed by atoms with Crippen LogP contribution in [0.25, 0.3) is 0 Å². The highest BCUT2D eigenvalue weighted by atomic mass is 35.5. The van der Waals surface area contributed by atoms with E-state index in [0.717, 1.165) is 18.9 Å². The largest absolute Gasteiger partial charge is 0.416 e. The van der Waals surface area contributed by atoms with Crippen LogP contribution in [0.5, 0.6) is 0 Å². The van der Waals surface area contributed by atoms with Crippen molar-refractivity contribution in [2.75, 3.05) is 13.1 Å². The summed E-state index contributed by atoms with van der Waals surface area (Å²) in [5.74, 6) is 0. The summed E-state index contributed by atoms with van der Waals surface area (Å²) in [6.07, 6.45) is -1.94. The van der Waals surface area contributed by atoms with Gasteiger partial charge in [0.1, 0.15) is 0 Å². The second-order valence-corrected chi connectivity index (χ2v) is 8.20. The van der Waals surface area contributed by atoms with Crippen LogP contribution >= 0.6 is 12.4 Å². The van der Waals surface area contributed by atoms with E-state index in [1.807, 2.05) is 0 Å². The van der Waals surface area contributed by atoms with Crippen LogP contribution in [-0.4, -0.2) is 37.9 Å². The van der Waals surface area contributed by atoms with Crippen molar-refractivity contribution in [3.8, 4) is 0 Å². The van der Waals surface area contributed by atoms with Crippen molar-refractivity contribution in [1.82, 2.24) is 9.62 Å². The van der Waals surface area contributed by atoms with Crippen molar-refractivity contribution in [2.45, 2.75) is 49.3 Å². The average Bonchev–Trinajstić information content (AvgIpc) is 2.76. The molecule has 0 aliphatic carbocycles. The summed E-state index contributed by atoms with van der Waals surface area (Å²) in [6.45, 7) is 1.98. The Hall–Kier alpha value is -0.830. The number of fused-ring (bicyclic) bond motifs is 2. The molecule has 136 valence electrons. The van der Waals surface area contributed by atoms with E-state index < -0.39 is 21.8 Å². The molecule has 1 N–H and O–H groups in total. The fourth-order valence-corrected chi connectivity index (χ4v) is 4.87. The normalized spacial score (nSPS) is 25.2. The van der Waals surface area contributed by atoms with Gasteiger partial charge in [0.25, 0.3) is 0 Å². The SMILES string of the molecule is Cc1ccc(S(=O)(=O)N2CCC3CCC(C2)N3)cc1C(F)(F)F.Cl. The molecule has 1 aromatic carbocycles. The minimum atomic E-state index is -4.56. The summed E-state index contributed by atoms with van der Waals surface area (Å²) < 4.78 is 65.9. The molecule has 0 aromatic heterocycles. The Labute approximate surface area is 145 Å². The third kappa shape index (κ3) is 3.71. The first kappa shape index (κ1) is 19.5. The van der Waals surface area contributed by atoms with Crippen LogP contribution in [0.2, 0.25) is 0 Å². The molecule has 2 heterocycles. The van der Waals surface area contributed by atoms with Gasteiger partial charge in [0.05, 0.1) is 10.5 Å². The molecular weight excluding hydrogens is 365 g/mol. The van der Waals surface area contributed by atoms with E-state index in [-0.39, 0.29) is 28.9 Å². The van der Waals surface area contributed by atoms with E-state index in [4.69, 9.17) is 0 Å². The maximum absolute atomic E-state index is 13.0. The Morgan fingerprint density at radius 3 is 2.50 bits per heavy atom. The fourth-order valence-electron chi connectivity index (χ4n) is 3.35. The van der Waals surface area contributed by atoms with Crippen molar-refractivity contribution in [2.24, 2.45) is 0 Å². The highest BCUT2D eigenvalue weighted by Crippen LogP contribution is 2.34. The monoisotopic (exact) mass is 384 g/mol. The Morgan fingerprint density at radius 1 is 1.17 bits per heavy atom. The lowest BCUT2D eigenvalue weighted by molar-refractivity contribution is -0.138. The molecule has 0 spiro atoms. The molecule has 0 radical (unpaired) electrons. The highest BCUT2D eigenvalue weighted by Gasteiger charge is 2.37. The van der Waals surface area contributed by atoms with Crippen LogP contribution in [0, 0.1) is 6.92 Å². The lowest BCUT2D eigenvalue weighted by Gasteiger charge is -2.24. The molecule has 4 nitrogen and oxygen atoms in total. The third-order valence-corrected chi connectivity index (χ3v) is 6.50. The molecule has 9 heteroatoms. The average molecular weight is 385 g/mol. The fraction of sp³-hybridized carbons (Fsp3) is 0.600. The predicted octanol–water partition coefficient (Wildman–Crippen LogP) is 2.95. The quantitative estimate of drug-likeness (QED) is 0.852. The van der Waals surface area contributed by atoms with Gasteiger partial charge in [-0.05, 0) is 43.9 Å². The van der Waals surface area contributed by atoms with Gasteiger partial charge in [0.2, 0.25) is 10.0 Å². The van der Waals surface area contributed by atoms with Gasteiger partial charge in [-0.1, -0.05) is 6.07 Å². The minimum Gasteiger partial charge on any atom is -0.310 e. The van der Waals surface area contributed by atoms with Crippen molar-refractivity contribution in [3.05, 3.63) is 29.3 Å². The predicted molar refractivity (Wildman–Crippen MR) is 86.8 cm³/mol. The second-order valence-electron chi connectivity index (χ2n) is 6.26. The van der Waals surface area contributed by atoms with Crippen LogP contribution in [-0.2, 0) is 16.2 Å². The van der Waals surface area contributed by atoms with Crippen molar-refractivity contribution in [1.29, 1.82) is 0 Å². The molecule has 2 aliphatic rings. The van der Waals surface area contributed by atoms with E-state index in [9.17, 15) is 21.6 Å². The van der Waals surface area contributed by atoms with Crippen LogP contribution < -0.4 is 5.32 Å². The number of nitrogens with zero attached hydrogens (tertiary/aromatic N) is 1. The first-order valence-electron chi connectivity index (χ1n) is 7.62. The van der Waals surface area contributed by atoms with Gasteiger partial charge in [0.15, 0.2) is 0 Å². The first-order chi connectivity index (χ1) is 10.7. The number of sulfonamides is 1. The summed E-state index contributed by atoms with van der Waals surface area (Å²) in [5.41, 5.74) is -0.874. The van der Waals surface area contributed by atoms with Gasteiger partial charge in [-0.25, -0.2) is 8.42 Å². The zero-order chi connectivity index (χ0) is 16.8. The molecule has 2 unspecified atom stereocenters. The molecular formula is C15H20ClF3N2O2S. The molecule has 0 amide bonds. The second kappa shape index (κ2) is 6.82. The number of aryl methyl sites for hydroxylation is 1. The van der Waals surface area contributed by atoms with E-state index in [2.05, 4.69) is 5.32 Å². The Kier molecular flexibility index (Phi) is 5.54. The smallest absolute Gasteiger partial charge is 0.310 e. The molecule has 2 saturated heterocycles. The lowest BCUT2D eigenvalue weighted by Crippen LogP contribution is -2.39. The molecule has 1 aromatic rings. The number of hydrogen-bond donors (Lipinski definition) is 1. The topological polar surface area (TPSA) is 49.4 Å². The van der Waals surface area contributed by atoms with Gasteiger partial charge in [0, 0.05) is 25.2 Å². The van der Waals surface area contributed by atoms with E-state index in [1.54, 1.807) is 0 Å². The molecule has 2 atom stereocenters. The highest BCUT2D eigenvalue weighted by molar-refractivity contribution is 7.89. The first-order valence-corrected chi connectivity index (χ1v) is 9.06. The van der Waals surface area contributed by atoms with Crippen LogP contribution in [0.3, 0.4) is 0 Å². The summed E-state index contributed by atoms with van der Waals surface area (Å²) in [7, 11) is -3.91. The number of benzene rings is 1. The van der Waals surface area contributed by atoms with Crippen LogP contribution in [0.15, 0.2) is 23.1 Å². The molecule has 24 heavy (non-hydrogen) atoms. The van der Waals surface area contributed by atoms with Gasteiger partial charge in [-0.15, -0.1) is 12.4 Å². The zero-order valence-corrected chi connectivity index (χ0v) is 14.8. The van der Waals surface area contributed by atoms with Gasteiger partial charge < -0.3 is 5.32 Å². The number of hydrogen-bond acceptors (Lipinski definition) is 3. The van der Waals surface area contributed by atoms with E-state index in [0.29, 0.717) is 25.6 Å². The molecule has 0 saturated carbocycles. The summed E-state index contributed by atoms with van der Waals surface area (Å²) in [4.78, 5) is -0.284. The van der Waals surface area contributed by atoms with Gasteiger partial charge in [-0.2, -0.15) is 17.5 Å². The number of rotatable bonds is 2. The summed E-state index contributed by atoms with van der Waals surface area (Å²) in [5, 5.41) is 3.36. The zero-order valence-electron chi connectivity index (χ0n) is 13.1. The number of alkyl halides is 3. The Bertz CT molecular complexity index is 709. The van der Waals surface area contributed by atoms with Crippen LogP contribution in [0.4, 0.5) is 13.2 Å². The van der Waals surface area contributed by atoms with Crippen molar-refractivity contribution < 1.29 is 21.6 Å². The Morgan fingerprint density at radius 2 is 1.83 bits per heavy atom. The maximum Gasteiger partial charge on any atom is 0.416 e. The third-order valence-electron chi connectivity index (χ3n) is 4.64. The summed E-state index contributed by atoms with van der Waals surface area (Å²) in [6, 6.07) is 3.63. The van der Waals surface area contributed by atoms with E-state index in [1.165, 1.54) is 23.4 Å². The summed E-state index contributed by atoms with van der Waals surface area (Å²) >= 11 is 0. The maximum atomic E-state index is 13.0. The van der Waals surface area contributed by atoms with E-state index >= 15 is 0 Å². The van der Waals surface area contributed by atoms with Crippen molar-refractivity contribution >= 4 is 22.4 Å². The minimum absolute atomic E-state index is 0. The number of halogens is 4. The lowest BCUT2D eigenvalue weighted by atomic mass is 10.1. The standard InChI is InChI=1S/C15H19F3N2O2S.ClH/c1-10-2-5-13(8-14(10)15(16,17)18)23(21,22)20-7-6-11-3-4-12(9-20)19-11;/h2,5,8,11-12,19H,3-4,6-7,9H2,1H3;1H. The van der Waals surface area contributed by atoms with Gasteiger partial charge >= 0.3 is 6.18 Å². The molecule has 2 fully saturated rings. The van der Waals surface area contributed by atoms with Crippen LogP contribution in [0.1, 0.15) is 30.4 Å². The Balaban J connectivity index is 0.00000208.